The molecule has 5 atom stereocenters. The van der Waals surface area contributed by atoms with Gasteiger partial charge in [-0.3, -0.25) is 37.3 Å². The molecule has 0 heterocycles. The van der Waals surface area contributed by atoms with E-state index >= 15 is 0 Å². The number of carbonyl (C=O) groups is 4. The molecule has 0 amide bonds. The van der Waals surface area contributed by atoms with E-state index < -0.39 is 97.5 Å². The van der Waals surface area contributed by atoms with E-state index in [1.54, 1.807) is 0 Å². The highest BCUT2D eigenvalue weighted by molar-refractivity contribution is 7.47. The number of phosphoric ester groups is 2. The summed E-state index contributed by atoms with van der Waals surface area (Å²) >= 11 is 0. The number of ether oxygens (including phenoxy) is 4. The molecular formula is C83H162O17P2. The van der Waals surface area contributed by atoms with E-state index in [-0.39, 0.29) is 25.7 Å². The van der Waals surface area contributed by atoms with Crippen LogP contribution in [0.3, 0.4) is 0 Å². The number of unbranched alkanes of at least 4 members (excludes halogenated alkanes) is 55. The van der Waals surface area contributed by atoms with Crippen LogP contribution in [0.1, 0.15) is 446 Å². The zero-order valence-corrected chi connectivity index (χ0v) is 68.5. The van der Waals surface area contributed by atoms with E-state index in [2.05, 4.69) is 34.6 Å². The average molecular weight is 1490 g/mol. The summed E-state index contributed by atoms with van der Waals surface area (Å²) in [6, 6.07) is 0. The van der Waals surface area contributed by atoms with E-state index in [0.717, 1.165) is 95.8 Å². The van der Waals surface area contributed by atoms with Gasteiger partial charge in [0.05, 0.1) is 26.4 Å². The van der Waals surface area contributed by atoms with Gasteiger partial charge < -0.3 is 33.8 Å². The molecule has 19 heteroatoms. The van der Waals surface area contributed by atoms with E-state index in [1.165, 1.54) is 270 Å². The minimum absolute atomic E-state index is 0.106. The maximum atomic E-state index is 13.1. The van der Waals surface area contributed by atoms with Crippen molar-refractivity contribution in [1.29, 1.82) is 0 Å². The Morgan fingerprint density at radius 1 is 0.265 bits per heavy atom. The van der Waals surface area contributed by atoms with Crippen LogP contribution in [-0.2, 0) is 65.4 Å². The highest BCUT2D eigenvalue weighted by atomic mass is 31.2. The van der Waals surface area contributed by atoms with Crippen LogP contribution < -0.4 is 0 Å². The van der Waals surface area contributed by atoms with Gasteiger partial charge >= 0.3 is 39.5 Å². The predicted octanol–water partition coefficient (Wildman–Crippen LogP) is 25.2. The number of hydrogen-bond acceptors (Lipinski definition) is 15. The minimum atomic E-state index is -4.96. The van der Waals surface area contributed by atoms with Gasteiger partial charge in [0.1, 0.15) is 19.3 Å². The average Bonchev–Trinajstić information content (AvgIpc) is 0.969. The number of rotatable bonds is 83. The van der Waals surface area contributed by atoms with Crippen molar-refractivity contribution in [2.24, 2.45) is 5.92 Å². The van der Waals surface area contributed by atoms with Crippen LogP contribution in [0.5, 0.6) is 0 Å². The van der Waals surface area contributed by atoms with Crippen molar-refractivity contribution in [3.8, 4) is 0 Å². The Morgan fingerprint density at radius 3 is 0.667 bits per heavy atom. The van der Waals surface area contributed by atoms with Gasteiger partial charge in [0, 0.05) is 25.7 Å². The quantitative estimate of drug-likeness (QED) is 0.0222. The topological polar surface area (TPSA) is 237 Å². The monoisotopic (exact) mass is 1490 g/mol. The molecule has 0 rings (SSSR count). The Labute approximate surface area is 626 Å². The molecule has 0 fully saturated rings. The third kappa shape index (κ3) is 76.3. The maximum Gasteiger partial charge on any atom is 0.472 e. The molecule has 0 spiro atoms. The van der Waals surface area contributed by atoms with E-state index in [0.29, 0.717) is 25.7 Å². The van der Waals surface area contributed by atoms with Crippen LogP contribution in [0, 0.1) is 5.92 Å². The Kier molecular flexibility index (Phi) is 74.4. The Hall–Kier alpha value is -1.94. The van der Waals surface area contributed by atoms with Gasteiger partial charge in [-0.05, 0) is 31.6 Å². The minimum Gasteiger partial charge on any atom is -0.462 e. The number of aliphatic hydroxyl groups is 1. The van der Waals surface area contributed by atoms with Gasteiger partial charge in [0.15, 0.2) is 12.2 Å². The molecule has 606 valence electrons. The molecule has 0 aliphatic heterocycles. The zero-order chi connectivity index (χ0) is 74.8. The molecule has 0 aliphatic rings. The van der Waals surface area contributed by atoms with Crippen LogP contribution in [0.15, 0.2) is 0 Å². The first-order chi connectivity index (χ1) is 49.5. The fraction of sp³-hybridized carbons (Fsp3) is 0.952. The highest BCUT2D eigenvalue weighted by Crippen LogP contribution is 2.45. The van der Waals surface area contributed by atoms with Crippen LogP contribution in [-0.4, -0.2) is 96.7 Å². The summed E-state index contributed by atoms with van der Waals surface area (Å²) in [6.07, 6.45) is 68.3. The standard InChI is InChI=1S/C83H162O17P2/c1-6-9-12-15-18-21-23-25-27-29-31-33-35-37-39-41-43-48-53-58-63-68-82(87)99-79(73-94-81(86)67-62-57-52-47-42-40-38-36-34-32-30-28-26-24-22-19-16-13-10-7-2)75-98-102(91,92)96-71-77(84)70-95-101(89,90)97-74-78(72-93-80(85)66-61-56-51-45-20-17-14-11-8-3)100-83(88)69-64-59-54-49-44-46-50-55-60-65-76(4)5/h76-79,84H,6-75H2,1-5H3,(H,89,90)(H,91,92)/t77-,78+,79+/m0/s1. The summed E-state index contributed by atoms with van der Waals surface area (Å²) in [5, 5.41) is 10.6. The molecule has 0 aromatic carbocycles. The lowest BCUT2D eigenvalue weighted by molar-refractivity contribution is -0.161. The fourth-order valence-electron chi connectivity index (χ4n) is 12.9. The smallest absolute Gasteiger partial charge is 0.462 e. The van der Waals surface area contributed by atoms with Crippen molar-refractivity contribution in [1.82, 2.24) is 0 Å². The molecule has 0 saturated heterocycles. The molecule has 0 radical (unpaired) electrons. The molecule has 0 bridgehead atoms. The molecule has 0 aliphatic carbocycles. The van der Waals surface area contributed by atoms with E-state index in [9.17, 15) is 43.2 Å². The largest absolute Gasteiger partial charge is 0.472 e. The molecule has 0 aromatic heterocycles. The number of phosphoric acid groups is 2. The highest BCUT2D eigenvalue weighted by Gasteiger charge is 2.30. The fourth-order valence-corrected chi connectivity index (χ4v) is 14.5. The Bertz CT molecular complexity index is 1940. The number of hydrogen-bond donors (Lipinski definition) is 3. The second-order valence-corrected chi connectivity index (χ2v) is 33.3. The first-order valence-electron chi connectivity index (χ1n) is 43.1. The van der Waals surface area contributed by atoms with Crippen LogP contribution in [0.2, 0.25) is 0 Å². The number of aliphatic hydroxyl groups excluding tert-OH is 1. The molecule has 0 saturated carbocycles. The van der Waals surface area contributed by atoms with Gasteiger partial charge in [0.2, 0.25) is 0 Å². The van der Waals surface area contributed by atoms with Crippen molar-refractivity contribution >= 4 is 39.5 Å². The van der Waals surface area contributed by atoms with Crippen molar-refractivity contribution in [3.05, 3.63) is 0 Å². The van der Waals surface area contributed by atoms with Crippen molar-refractivity contribution in [3.63, 3.8) is 0 Å². The second-order valence-electron chi connectivity index (χ2n) is 30.3. The molecule has 3 N–H and O–H groups in total. The number of carbonyl (C=O) groups excluding carboxylic acids is 4. The molecular weight excluding hydrogens is 1330 g/mol. The summed E-state index contributed by atoms with van der Waals surface area (Å²) in [6.45, 7) is 7.29. The first-order valence-corrected chi connectivity index (χ1v) is 46.1. The van der Waals surface area contributed by atoms with Crippen molar-refractivity contribution < 1.29 is 80.2 Å². The second kappa shape index (κ2) is 75.9. The Morgan fingerprint density at radius 2 is 0.451 bits per heavy atom. The van der Waals surface area contributed by atoms with Gasteiger partial charge in [-0.1, -0.05) is 394 Å². The third-order valence-electron chi connectivity index (χ3n) is 19.5. The van der Waals surface area contributed by atoms with Crippen LogP contribution >= 0.6 is 15.6 Å². The van der Waals surface area contributed by atoms with E-state index in [4.69, 9.17) is 37.0 Å². The van der Waals surface area contributed by atoms with Gasteiger partial charge in [-0.25, -0.2) is 9.13 Å². The molecule has 2 unspecified atom stereocenters. The zero-order valence-electron chi connectivity index (χ0n) is 66.8. The van der Waals surface area contributed by atoms with Gasteiger partial charge in [-0.2, -0.15) is 0 Å². The normalized spacial score (nSPS) is 13.8. The summed E-state index contributed by atoms with van der Waals surface area (Å²) in [4.78, 5) is 73.0. The summed E-state index contributed by atoms with van der Waals surface area (Å²) in [5.41, 5.74) is 0. The molecule has 102 heavy (non-hydrogen) atoms. The van der Waals surface area contributed by atoms with Crippen LogP contribution in [0.25, 0.3) is 0 Å². The predicted molar refractivity (Wildman–Crippen MR) is 418 cm³/mol. The summed E-state index contributed by atoms with van der Waals surface area (Å²) in [5.74, 6) is -1.37. The SMILES string of the molecule is CCCCCCCCCCCCCCCCCCCCCCCC(=O)O[C@H](COC(=O)CCCCCCCCCCCCCCCCCCCCCC)COP(=O)(O)OC[C@@H](O)COP(=O)(O)OC[C@@H](COC(=O)CCCCCCCCCCC)OC(=O)CCCCCCCCCCCC(C)C. The third-order valence-corrected chi connectivity index (χ3v) is 21.4. The van der Waals surface area contributed by atoms with Gasteiger partial charge in [-0.15, -0.1) is 0 Å². The lowest BCUT2D eigenvalue weighted by Crippen LogP contribution is -2.30. The first kappa shape index (κ1) is 100. The summed E-state index contributed by atoms with van der Waals surface area (Å²) < 4.78 is 68.7. The van der Waals surface area contributed by atoms with Crippen LogP contribution in [0.4, 0.5) is 0 Å². The number of esters is 4. The Balaban J connectivity index is 5.18. The molecule has 17 nitrogen and oxygen atoms in total. The lowest BCUT2D eigenvalue weighted by Gasteiger charge is -2.21. The van der Waals surface area contributed by atoms with Crippen molar-refractivity contribution in [2.45, 2.75) is 464 Å². The lowest BCUT2D eigenvalue weighted by atomic mass is 10.0. The maximum absolute atomic E-state index is 13.1. The van der Waals surface area contributed by atoms with Gasteiger partial charge in [0.25, 0.3) is 0 Å². The summed E-state index contributed by atoms with van der Waals surface area (Å²) in [7, 11) is -9.92. The molecule has 0 aromatic rings. The van der Waals surface area contributed by atoms with E-state index in [1.807, 2.05) is 0 Å². The van der Waals surface area contributed by atoms with Crippen molar-refractivity contribution in [2.75, 3.05) is 39.6 Å².